The molecule has 1 aromatic carbocycles. The fraction of sp³-hybridized carbons (Fsp3) is 0.571. The molecule has 0 unspecified atom stereocenters. The highest BCUT2D eigenvalue weighted by atomic mass is 127. The molecule has 1 fully saturated rings. The smallest absolute Gasteiger partial charge is 0.0162 e. The van der Waals surface area contributed by atoms with Gasteiger partial charge in [0.2, 0.25) is 0 Å². The van der Waals surface area contributed by atoms with Crippen LogP contribution in [-0.2, 0) is 0 Å². The van der Waals surface area contributed by atoms with E-state index in [4.69, 9.17) is 0 Å². The van der Waals surface area contributed by atoms with Crippen molar-refractivity contribution in [1.82, 2.24) is 4.90 Å². The summed E-state index contributed by atoms with van der Waals surface area (Å²) in [6, 6.07) is 6.97. The topological polar surface area (TPSA) is 3.24 Å². The zero-order chi connectivity index (χ0) is 11.5. The number of nitrogens with zero attached hydrogens (tertiary/aromatic N) is 1. The molecule has 2 heteroatoms. The van der Waals surface area contributed by atoms with Gasteiger partial charge >= 0.3 is 0 Å². The second-order valence-corrected chi connectivity index (χ2v) is 5.88. The maximum atomic E-state index is 2.55. The van der Waals surface area contributed by atoms with E-state index in [2.05, 4.69) is 59.5 Å². The first-order valence-corrected chi connectivity index (χ1v) is 7.27. The Kier molecular flexibility index (Phi) is 4.25. The number of likely N-dealkylation sites (tertiary alicyclic amines) is 1. The van der Waals surface area contributed by atoms with Gasteiger partial charge in [0, 0.05) is 3.57 Å². The highest BCUT2D eigenvalue weighted by Gasteiger charge is 2.19. The third-order valence-electron chi connectivity index (χ3n) is 3.70. The first-order valence-electron chi connectivity index (χ1n) is 6.19. The van der Waals surface area contributed by atoms with Crippen molar-refractivity contribution in [1.29, 1.82) is 0 Å². The fourth-order valence-electron chi connectivity index (χ4n) is 2.45. The number of aryl methyl sites for hydroxylation is 1. The molecule has 0 spiro atoms. The quantitative estimate of drug-likeness (QED) is 0.746. The zero-order valence-electron chi connectivity index (χ0n) is 10.2. The van der Waals surface area contributed by atoms with E-state index in [1.165, 1.54) is 41.6 Å². The van der Waals surface area contributed by atoms with E-state index in [1.54, 1.807) is 5.56 Å². The molecule has 0 aliphatic carbocycles. The van der Waals surface area contributed by atoms with E-state index in [9.17, 15) is 0 Å². The Labute approximate surface area is 112 Å². The lowest BCUT2D eigenvalue weighted by Gasteiger charge is -2.31. The summed E-state index contributed by atoms with van der Waals surface area (Å²) in [6.45, 7) is 8.19. The predicted octanol–water partition coefficient (Wildman–Crippen LogP) is 3.80. The minimum Gasteiger partial charge on any atom is -0.304 e. The van der Waals surface area contributed by atoms with Gasteiger partial charge in [-0.05, 0) is 85.1 Å². The Bertz CT molecular complexity index is 354. The summed E-state index contributed by atoms with van der Waals surface area (Å²) < 4.78 is 1.41. The summed E-state index contributed by atoms with van der Waals surface area (Å²) in [6.07, 6.45) is 2.65. The Hall–Kier alpha value is -0.0900. The molecule has 1 aliphatic rings. The standard InChI is InChI=1S/C14H20IN/c1-3-16-8-6-12(7-9-16)13-5-4-11(2)14(15)10-13/h4-5,10,12H,3,6-9H2,1-2H3. The van der Waals surface area contributed by atoms with Crippen molar-refractivity contribution in [3.8, 4) is 0 Å². The van der Waals surface area contributed by atoms with Gasteiger partial charge in [0.1, 0.15) is 0 Å². The minimum absolute atomic E-state index is 0.789. The molecule has 16 heavy (non-hydrogen) atoms. The third kappa shape index (κ3) is 2.77. The van der Waals surface area contributed by atoms with Crippen molar-refractivity contribution in [3.05, 3.63) is 32.9 Å². The number of hydrogen-bond donors (Lipinski definition) is 0. The minimum atomic E-state index is 0.789. The van der Waals surface area contributed by atoms with Gasteiger partial charge in [-0.25, -0.2) is 0 Å². The fourth-order valence-corrected chi connectivity index (χ4v) is 2.98. The van der Waals surface area contributed by atoms with Crippen molar-refractivity contribution in [3.63, 3.8) is 0 Å². The average molecular weight is 329 g/mol. The lowest BCUT2D eigenvalue weighted by Crippen LogP contribution is -2.32. The van der Waals surface area contributed by atoms with Crippen LogP contribution in [0.5, 0.6) is 0 Å². The van der Waals surface area contributed by atoms with Crippen LogP contribution in [0.25, 0.3) is 0 Å². The number of benzene rings is 1. The van der Waals surface area contributed by atoms with Crippen LogP contribution in [0, 0.1) is 10.5 Å². The molecule has 1 saturated heterocycles. The van der Waals surface area contributed by atoms with Crippen LogP contribution in [0.15, 0.2) is 18.2 Å². The summed E-state index contributed by atoms with van der Waals surface area (Å²) in [7, 11) is 0. The van der Waals surface area contributed by atoms with Crippen molar-refractivity contribution >= 4 is 22.6 Å². The van der Waals surface area contributed by atoms with Crippen molar-refractivity contribution in [2.24, 2.45) is 0 Å². The van der Waals surface area contributed by atoms with E-state index in [-0.39, 0.29) is 0 Å². The molecule has 0 N–H and O–H groups in total. The zero-order valence-corrected chi connectivity index (χ0v) is 12.3. The molecule has 0 aromatic heterocycles. The Morgan fingerprint density at radius 3 is 2.56 bits per heavy atom. The first kappa shape index (κ1) is 12.4. The lowest BCUT2D eigenvalue weighted by molar-refractivity contribution is 0.222. The summed E-state index contributed by atoms with van der Waals surface area (Å²) in [5.41, 5.74) is 2.95. The van der Waals surface area contributed by atoms with Crippen LogP contribution in [0.3, 0.4) is 0 Å². The number of piperidine rings is 1. The second kappa shape index (κ2) is 5.50. The molecule has 0 radical (unpaired) electrons. The molecule has 1 aliphatic heterocycles. The van der Waals surface area contributed by atoms with Crippen LogP contribution in [0.2, 0.25) is 0 Å². The molecule has 0 bridgehead atoms. The van der Waals surface area contributed by atoms with Crippen LogP contribution >= 0.6 is 22.6 Å². The molecule has 2 rings (SSSR count). The molecule has 88 valence electrons. The predicted molar refractivity (Wildman–Crippen MR) is 78.0 cm³/mol. The van der Waals surface area contributed by atoms with Crippen LogP contribution in [-0.4, -0.2) is 24.5 Å². The van der Waals surface area contributed by atoms with Gasteiger partial charge in [0.15, 0.2) is 0 Å². The van der Waals surface area contributed by atoms with Crippen molar-refractivity contribution in [2.45, 2.75) is 32.6 Å². The maximum Gasteiger partial charge on any atom is 0.0162 e. The van der Waals surface area contributed by atoms with Gasteiger partial charge in [-0.15, -0.1) is 0 Å². The van der Waals surface area contributed by atoms with E-state index < -0.39 is 0 Å². The largest absolute Gasteiger partial charge is 0.304 e. The first-order chi connectivity index (χ1) is 7.70. The summed E-state index contributed by atoms with van der Waals surface area (Å²) in [5.74, 6) is 0.789. The van der Waals surface area contributed by atoms with Gasteiger partial charge in [0.05, 0.1) is 0 Å². The normalized spacial score (nSPS) is 18.9. The van der Waals surface area contributed by atoms with Crippen molar-refractivity contribution < 1.29 is 0 Å². The average Bonchev–Trinajstić information content (AvgIpc) is 2.33. The van der Waals surface area contributed by atoms with Crippen LogP contribution in [0.4, 0.5) is 0 Å². The lowest BCUT2D eigenvalue weighted by atomic mass is 9.89. The van der Waals surface area contributed by atoms with E-state index in [0.29, 0.717) is 0 Å². The van der Waals surface area contributed by atoms with E-state index in [0.717, 1.165) is 5.92 Å². The SMILES string of the molecule is CCN1CCC(c2ccc(C)c(I)c2)CC1. The van der Waals surface area contributed by atoms with Gasteiger partial charge in [-0.2, -0.15) is 0 Å². The van der Waals surface area contributed by atoms with E-state index >= 15 is 0 Å². The molecule has 1 nitrogen and oxygen atoms in total. The maximum absolute atomic E-state index is 2.55. The van der Waals surface area contributed by atoms with Crippen LogP contribution in [0.1, 0.15) is 36.8 Å². The summed E-state index contributed by atoms with van der Waals surface area (Å²) in [5, 5.41) is 0. The van der Waals surface area contributed by atoms with Gasteiger partial charge < -0.3 is 4.90 Å². The number of halogens is 1. The van der Waals surface area contributed by atoms with Gasteiger partial charge in [-0.3, -0.25) is 0 Å². The third-order valence-corrected chi connectivity index (χ3v) is 4.86. The van der Waals surface area contributed by atoms with Crippen LogP contribution < -0.4 is 0 Å². The Morgan fingerprint density at radius 2 is 2.00 bits per heavy atom. The number of rotatable bonds is 2. The van der Waals surface area contributed by atoms with Crippen molar-refractivity contribution in [2.75, 3.05) is 19.6 Å². The summed E-state index contributed by atoms with van der Waals surface area (Å²) in [4.78, 5) is 2.55. The van der Waals surface area contributed by atoms with E-state index in [1.807, 2.05) is 0 Å². The molecule has 0 atom stereocenters. The Balaban J connectivity index is 2.05. The van der Waals surface area contributed by atoms with Gasteiger partial charge in [0.25, 0.3) is 0 Å². The highest BCUT2D eigenvalue weighted by Crippen LogP contribution is 2.29. The van der Waals surface area contributed by atoms with Gasteiger partial charge in [-0.1, -0.05) is 19.1 Å². The molecule has 0 saturated carbocycles. The summed E-state index contributed by atoms with van der Waals surface area (Å²) >= 11 is 2.45. The number of hydrogen-bond acceptors (Lipinski definition) is 1. The monoisotopic (exact) mass is 329 g/mol. The molecular weight excluding hydrogens is 309 g/mol. The molecule has 1 heterocycles. The molecule has 0 amide bonds. The molecule has 1 aromatic rings. The molecular formula is C14H20IN. The second-order valence-electron chi connectivity index (χ2n) is 4.72. The highest BCUT2D eigenvalue weighted by molar-refractivity contribution is 14.1. The Morgan fingerprint density at radius 1 is 1.31 bits per heavy atom.